The van der Waals surface area contributed by atoms with E-state index in [1.54, 1.807) is 67.3 Å². The van der Waals surface area contributed by atoms with E-state index in [-0.39, 0.29) is 5.78 Å². The third kappa shape index (κ3) is 5.25. The zero-order valence-electron chi connectivity index (χ0n) is 16.3. The predicted molar refractivity (Wildman–Crippen MR) is 120 cm³/mol. The molecule has 0 aliphatic carbocycles. The molecule has 6 nitrogen and oxygen atoms in total. The number of carbonyl (C=O) groups is 1. The predicted octanol–water partition coefficient (Wildman–Crippen LogP) is 4.87. The number of nitrogens with zero attached hydrogens (tertiary/aromatic N) is 2. The van der Waals surface area contributed by atoms with Gasteiger partial charge in [-0.2, -0.15) is 0 Å². The molecule has 0 saturated carbocycles. The zero-order chi connectivity index (χ0) is 21.6. The van der Waals surface area contributed by atoms with Crippen LogP contribution in [0.25, 0.3) is 0 Å². The maximum absolute atomic E-state index is 12.9. The van der Waals surface area contributed by atoms with Crippen molar-refractivity contribution < 1.29 is 13.4 Å². The molecule has 0 bridgehead atoms. The van der Waals surface area contributed by atoms with Crippen molar-refractivity contribution >= 4 is 34.1 Å². The summed E-state index contributed by atoms with van der Waals surface area (Å²) in [7, 11) is -1.55. The molecule has 4 rings (SSSR count). The van der Waals surface area contributed by atoms with Gasteiger partial charge in [0.05, 0.1) is 16.8 Å². The van der Waals surface area contributed by atoms with E-state index in [2.05, 4.69) is 14.7 Å². The lowest BCUT2D eigenvalue weighted by molar-refractivity contribution is 0.103. The number of carbonyl (C=O) groups excluding carboxylic acids is 1. The highest BCUT2D eigenvalue weighted by atomic mass is 35.5. The number of oxazole rings is 1. The Morgan fingerprint density at radius 1 is 1.00 bits per heavy atom. The summed E-state index contributed by atoms with van der Waals surface area (Å²) in [6, 6.07) is 15.6. The number of rotatable bonds is 8. The van der Waals surface area contributed by atoms with Gasteiger partial charge in [0.25, 0.3) is 0 Å². The first-order chi connectivity index (χ1) is 15.1. The fraction of sp³-hybridized carbons (Fsp3) is 0.0870. The summed E-state index contributed by atoms with van der Waals surface area (Å²) in [5.74, 6) is 0.453. The smallest absolute Gasteiger partial charge is 0.195 e. The summed E-state index contributed by atoms with van der Waals surface area (Å²) < 4.78 is 21.1. The van der Waals surface area contributed by atoms with Crippen molar-refractivity contribution in [1.29, 1.82) is 0 Å². The monoisotopic (exact) mass is 451 g/mol. The number of anilines is 1. The second-order valence-electron chi connectivity index (χ2n) is 6.70. The molecule has 0 fully saturated rings. The minimum Gasteiger partial charge on any atom is -0.449 e. The van der Waals surface area contributed by atoms with Crippen LogP contribution in [0.15, 0.2) is 88.8 Å². The summed E-state index contributed by atoms with van der Waals surface area (Å²) >= 11 is 6.11. The van der Waals surface area contributed by atoms with Crippen LogP contribution in [0.4, 0.5) is 5.69 Å². The molecule has 156 valence electrons. The molecule has 0 aliphatic heterocycles. The number of pyridine rings is 1. The molecule has 0 amide bonds. The van der Waals surface area contributed by atoms with Gasteiger partial charge in [-0.3, -0.25) is 9.78 Å². The van der Waals surface area contributed by atoms with Gasteiger partial charge in [-0.05, 0) is 54.4 Å². The third-order valence-corrected chi connectivity index (χ3v) is 5.96. The molecule has 2 aromatic heterocycles. The topological polar surface area (TPSA) is 85.1 Å². The van der Waals surface area contributed by atoms with Crippen molar-refractivity contribution in [3.05, 3.63) is 107 Å². The average molecular weight is 452 g/mol. The molecule has 0 spiro atoms. The van der Waals surface area contributed by atoms with Crippen LogP contribution in [0, 0.1) is 0 Å². The van der Waals surface area contributed by atoms with Gasteiger partial charge in [0, 0.05) is 35.0 Å². The van der Waals surface area contributed by atoms with E-state index in [0.717, 1.165) is 12.0 Å². The molecule has 0 radical (unpaired) electrons. The number of aromatic nitrogens is 2. The lowest BCUT2D eigenvalue weighted by Crippen LogP contribution is -2.11. The minimum absolute atomic E-state index is 0.230. The van der Waals surface area contributed by atoms with Crippen molar-refractivity contribution in [3.63, 3.8) is 0 Å². The van der Waals surface area contributed by atoms with Crippen molar-refractivity contribution in [2.45, 2.75) is 17.7 Å². The van der Waals surface area contributed by atoms with E-state index in [4.69, 9.17) is 16.0 Å². The summed E-state index contributed by atoms with van der Waals surface area (Å²) in [6.07, 6.45) is 7.73. The van der Waals surface area contributed by atoms with Gasteiger partial charge >= 0.3 is 0 Å². The number of hydrogen-bond acceptors (Lipinski definition) is 5. The largest absolute Gasteiger partial charge is 0.449 e. The summed E-state index contributed by atoms with van der Waals surface area (Å²) in [6.45, 7) is 0. The first-order valence-corrected chi connectivity index (χ1v) is 11.0. The molecular formula is C23H18ClN3O3S. The van der Waals surface area contributed by atoms with E-state index >= 15 is 0 Å². The highest BCUT2D eigenvalue weighted by Crippen LogP contribution is 2.25. The number of benzene rings is 2. The Morgan fingerprint density at radius 2 is 1.77 bits per heavy atom. The maximum atomic E-state index is 12.9. The van der Waals surface area contributed by atoms with Gasteiger partial charge < -0.3 is 9.14 Å². The first kappa shape index (κ1) is 21.0. The number of aryl methyl sites for hydroxylation is 2. The summed E-state index contributed by atoms with van der Waals surface area (Å²) in [5, 5.41) is 0.420. The van der Waals surface area contributed by atoms with E-state index in [9.17, 15) is 9.00 Å². The highest BCUT2D eigenvalue weighted by Gasteiger charge is 2.16. The summed E-state index contributed by atoms with van der Waals surface area (Å²) in [4.78, 5) is 21.5. The van der Waals surface area contributed by atoms with Gasteiger partial charge in [0.1, 0.15) is 17.2 Å². The molecule has 31 heavy (non-hydrogen) atoms. The quantitative estimate of drug-likeness (QED) is 0.386. The standard InChI is InChI=1S/C23H18ClN3O3S/c24-18-4-7-21(20(15-18)23(28)17-9-11-25-12-10-17)27-31(29)19-5-1-16(2-6-19)3-8-22-26-13-14-30-22/h1-2,4-7,9-15,27H,3,8H2. The second kappa shape index (κ2) is 9.68. The van der Waals surface area contributed by atoms with Gasteiger partial charge in [-0.25, -0.2) is 9.19 Å². The molecule has 1 unspecified atom stereocenters. The summed E-state index contributed by atoms with van der Waals surface area (Å²) in [5.41, 5.74) is 2.34. The second-order valence-corrected chi connectivity index (χ2v) is 8.34. The van der Waals surface area contributed by atoms with Crippen LogP contribution in [0.3, 0.4) is 0 Å². The molecule has 1 N–H and O–H groups in total. The maximum Gasteiger partial charge on any atom is 0.195 e. The van der Waals surface area contributed by atoms with Crippen LogP contribution in [0.1, 0.15) is 27.4 Å². The number of ketones is 1. The van der Waals surface area contributed by atoms with Crippen LogP contribution in [0.5, 0.6) is 0 Å². The van der Waals surface area contributed by atoms with Gasteiger partial charge in [0.2, 0.25) is 0 Å². The van der Waals surface area contributed by atoms with Crippen molar-refractivity contribution in [1.82, 2.24) is 9.97 Å². The molecule has 1 atom stereocenters. The van der Waals surface area contributed by atoms with Crippen LogP contribution < -0.4 is 4.72 Å². The highest BCUT2D eigenvalue weighted by molar-refractivity contribution is 7.86. The van der Waals surface area contributed by atoms with Gasteiger partial charge in [0.15, 0.2) is 11.7 Å². The molecule has 2 aromatic carbocycles. The van der Waals surface area contributed by atoms with E-state index < -0.39 is 11.0 Å². The lowest BCUT2D eigenvalue weighted by Gasteiger charge is -2.12. The first-order valence-electron chi connectivity index (χ1n) is 9.50. The van der Waals surface area contributed by atoms with Crippen LogP contribution in [-0.4, -0.2) is 20.0 Å². The Morgan fingerprint density at radius 3 is 2.48 bits per heavy atom. The van der Waals surface area contributed by atoms with E-state index in [1.165, 1.54) is 0 Å². The van der Waals surface area contributed by atoms with E-state index in [1.807, 2.05) is 12.1 Å². The van der Waals surface area contributed by atoms with Crippen molar-refractivity contribution in [2.24, 2.45) is 0 Å². The molecule has 2 heterocycles. The lowest BCUT2D eigenvalue weighted by atomic mass is 10.0. The van der Waals surface area contributed by atoms with Crippen molar-refractivity contribution in [2.75, 3.05) is 4.72 Å². The Kier molecular flexibility index (Phi) is 6.54. The van der Waals surface area contributed by atoms with Crippen LogP contribution in [-0.2, 0) is 23.8 Å². The number of halogens is 1. The SMILES string of the molecule is O=C(c1ccncc1)c1cc(Cl)ccc1NS(=O)c1ccc(CCc2ncco2)cc1. The molecule has 0 saturated heterocycles. The fourth-order valence-corrected chi connectivity index (χ4v) is 4.07. The Balaban J connectivity index is 1.49. The third-order valence-electron chi connectivity index (χ3n) is 4.62. The fourth-order valence-electron chi connectivity index (χ4n) is 3.02. The molecule has 0 aliphatic rings. The van der Waals surface area contributed by atoms with Crippen LogP contribution in [0.2, 0.25) is 5.02 Å². The minimum atomic E-state index is -1.55. The molecular weight excluding hydrogens is 434 g/mol. The van der Waals surface area contributed by atoms with Gasteiger partial charge in [-0.15, -0.1) is 0 Å². The molecule has 4 aromatic rings. The van der Waals surface area contributed by atoms with Gasteiger partial charge in [-0.1, -0.05) is 23.7 Å². The average Bonchev–Trinajstić information content (AvgIpc) is 3.33. The van der Waals surface area contributed by atoms with Crippen LogP contribution >= 0.6 is 11.6 Å². The Bertz CT molecular complexity index is 1200. The zero-order valence-corrected chi connectivity index (χ0v) is 17.9. The number of hydrogen-bond donors (Lipinski definition) is 1. The number of nitrogens with one attached hydrogen (secondary N) is 1. The molecule has 8 heteroatoms. The normalized spacial score (nSPS) is 11.8. The van der Waals surface area contributed by atoms with Crippen molar-refractivity contribution in [3.8, 4) is 0 Å². The van der Waals surface area contributed by atoms with E-state index in [0.29, 0.717) is 39.0 Å². The Hall–Kier alpha value is -3.29. The Labute approximate surface area is 186 Å².